The lowest BCUT2D eigenvalue weighted by Gasteiger charge is -2.22. The van der Waals surface area contributed by atoms with Crippen molar-refractivity contribution >= 4 is 11.3 Å². The van der Waals surface area contributed by atoms with Crippen LogP contribution >= 0.6 is 0 Å². The zero-order valence-corrected chi connectivity index (χ0v) is 16.3. The second-order valence-electron chi connectivity index (χ2n) is 6.77. The van der Waals surface area contributed by atoms with E-state index in [1.807, 2.05) is 13.8 Å². The van der Waals surface area contributed by atoms with Crippen molar-refractivity contribution in [3.8, 4) is 5.75 Å². The SMILES string of the molecule is C.CCC(CCN)C(C)n1ncc(C(/C=C(\N)c2ccccc2O)=C(N)N)c1F. The van der Waals surface area contributed by atoms with Gasteiger partial charge in [-0.25, -0.2) is 4.68 Å². The summed E-state index contributed by atoms with van der Waals surface area (Å²) in [4.78, 5) is 0. The lowest BCUT2D eigenvalue weighted by molar-refractivity contribution is 0.274. The van der Waals surface area contributed by atoms with Crippen molar-refractivity contribution in [1.82, 2.24) is 9.78 Å². The van der Waals surface area contributed by atoms with Crippen LogP contribution in [0.1, 0.15) is 51.3 Å². The molecule has 7 nitrogen and oxygen atoms in total. The second kappa shape index (κ2) is 10.5. The summed E-state index contributed by atoms with van der Waals surface area (Å²) >= 11 is 0. The van der Waals surface area contributed by atoms with Gasteiger partial charge in [-0.3, -0.25) is 0 Å². The predicted molar refractivity (Wildman–Crippen MR) is 117 cm³/mol. The zero-order chi connectivity index (χ0) is 20.8. The first-order valence-electron chi connectivity index (χ1n) is 9.25. The number of benzene rings is 1. The molecule has 160 valence electrons. The van der Waals surface area contributed by atoms with Crippen molar-refractivity contribution in [2.24, 2.45) is 28.9 Å². The highest BCUT2D eigenvalue weighted by molar-refractivity contribution is 5.84. The normalized spacial score (nSPS) is 13.4. The minimum Gasteiger partial charge on any atom is -0.507 e. The van der Waals surface area contributed by atoms with Gasteiger partial charge in [0.2, 0.25) is 5.95 Å². The minimum absolute atomic E-state index is 0. The Hall–Kier alpha value is -3.00. The van der Waals surface area contributed by atoms with Crippen LogP contribution in [-0.2, 0) is 0 Å². The molecule has 2 rings (SSSR count). The van der Waals surface area contributed by atoms with Crippen LogP contribution in [-0.4, -0.2) is 21.4 Å². The molecule has 2 unspecified atom stereocenters. The molecule has 0 saturated carbocycles. The van der Waals surface area contributed by atoms with Crippen LogP contribution < -0.4 is 22.9 Å². The van der Waals surface area contributed by atoms with Crippen molar-refractivity contribution < 1.29 is 9.50 Å². The third-order valence-corrected chi connectivity index (χ3v) is 4.98. The van der Waals surface area contributed by atoms with E-state index in [1.54, 1.807) is 18.2 Å². The van der Waals surface area contributed by atoms with E-state index in [4.69, 9.17) is 22.9 Å². The van der Waals surface area contributed by atoms with Gasteiger partial charge in [0.05, 0.1) is 17.8 Å². The number of para-hydroxylation sites is 1. The summed E-state index contributed by atoms with van der Waals surface area (Å²) in [6, 6.07) is 6.38. The number of nitrogens with zero attached hydrogens (tertiary/aromatic N) is 2. The lowest BCUT2D eigenvalue weighted by Crippen LogP contribution is -2.21. The molecule has 0 fully saturated rings. The number of nitrogens with two attached hydrogens (primary N) is 4. The first-order valence-corrected chi connectivity index (χ1v) is 9.25. The van der Waals surface area contributed by atoms with Crippen LogP contribution in [0.5, 0.6) is 5.75 Å². The van der Waals surface area contributed by atoms with Gasteiger partial charge in [-0.15, -0.1) is 0 Å². The van der Waals surface area contributed by atoms with E-state index < -0.39 is 5.95 Å². The molecule has 9 N–H and O–H groups in total. The summed E-state index contributed by atoms with van der Waals surface area (Å²) in [6.07, 6.45) is 4.45. The molecule has 0 saturated heterocycles. The Morgan fingerprint density at radius 2 is 1.90 bits per heavy atom. The van der Waals surface area contributed by atoms with Gasteiger partial charge in [0.1, 0.15) is 11.6 Å². The molecule has 1 aromatic heterocycles. The first-order chi connectivity index (χ1) is 13.3. The fraction of sp³-hybridized carbons (Fsp3) is 0.381. The Bertz CT molecular complexity index is 870. The number of hydrogen-bond donors (Lipinski definition) is 5. The number of phenols is 1. The monoisotopic (exact) mass is 404 g/mol. The number of phenolic OH excluding ortho intramolecular Hbond substituents is 1. The second-order valence-corrected chi connectivity index (χ2v) is 6.77. The molecular weight excluding hydrogens is 371 g/mol. The number of hydrogen-bond acceptors (Lipinski definition) is 6. The summed E-state index contributed by atoms with van der Waals surface area (Å²) in [6.45, 7) is 4.47. The molecule has 0 aliphatic carbocycles. The molecule has 0 aliphatic heterocycles. The van der Waals surface area contributed by atoms with Gasteiger partial charge in [0.25, 0.3) is 0 Å². The van der Waals surface area contributed by atoms with E-state index in [0.717, 1.165) is 12.8 Å². The highest BCUT2D eigenvalue weighted by Crippen LogP contribution is 2.30. The number of rotatable bonds is 8. The van der Waals surface area contributed by atoms with Crippen LogP contribution in [0.3, 0.4) is 0 Å². The van der Waals surface area contributed by atoms with Gasteiger partial charge in [0.15, 0.2) is 0 Å². The Labute approximate surface area is 171 Å². The van der Waals surface area contributed by atoms with Crippen molar-refractivity contribution in [3.05, 3.63) is 59.4 Å². The molecule has 8 heteroatoms. The van der Waals surface area contributed by atoms with Gasteiger partial charge in [-0.2, -0.15) is 9.49 Å². The van der Waals surface area contributed by atoms with Crippen LogP contribution in [0.25, 0.3) is 11.3 Å². The summed E-state index contributed by atoms with van der Waals surface area (Å²) < 4.78 is 16.5. The summed E-state index contributed by atoms with van der Waals surface area (Å²) in [7, 11) is 0. The van der Waals surface area contributed by atoms with Crippen molar-refractivity contribution in [2.75, 3.05) is 6.54 Å². The largest absolute Gasteiger partial charge is 0.507 e. The molecule has 2 atom stereocenters. The molecular formula is C21H33FN6O. The molecule has 0 bridgehead atoms. The molecule has 1 aromatic carbocycles. The van der Waals surface area contributed by atoms with Crippen molar-refractivity contribution in [3.63, 3.8) is 0 Å². The Kier molecular flexibility index (Phi) is 8.72. The maximum Gasteiger partial charge on any atom is 0.219 e. The topological polar surface area (TPSA) is 142 Å². The average molecular weight is 405 g/mol. The fourth-order valence-electron chi connectivity index (χ4n) is 3.28. The van der Waals surface area contributed by atoms with E-state index in [1.165, 1.54) is 23.0 Å². The van der Waals surface area contributed by atoms with Crippen LogP contribution in [0.4, 0.5) is 4.39 Å². The fourth-order valence-corrected chi connectivity index (χ4v) is 3.28. The van der Waals surface area contributed by atoms with E-state index in [9.17, 15) is 5.11 Å². The molecule has 0 radical (unpaired) electrons. The molecule has 2 aromatic rings. The number of aromatic nitrogens is 2. The van der Waals surface area contributed by atoms with Gasteiger partial charge in [-0.1, -0.05) is 32.9 Å². The Morgan fingerprint density at radius 3 is 2.45 bits per heavy atom. The number of halogens is 1. The third kappa shape index (κ3) is 5.29. The quantitative estimate of drug-likeness (QED) is 0.428. The van der Waals surface area contributed by atoms with Crippen LogP contribution in [0.2, 0.25) is 0 Å². The molecule has 29 heavy (non-hydrogen) atoms. The predicted octanol–water partition coefficient (Wildman–Crippen LogP) is 2.89. The summed E-state index contributed by atoms with van der Waals surface area (Å²) in [5.74, 6) is -0.452. The van der Waals surface area contributed by atoms with E-state index in [-0.39, 0.29) is 47.8 Å². The van der Waals surface area contributed by atoms with Crippen LogP contribution in [0.15, 0.2) is 42.4 Å². The summed E-state index contributed by atoms with van der Waals surface area (Å²) in [5, 5.41) is 14.2. The highest BCUT2D eigenvalue weighted by Gasteiger charge is 2.23. The van der Waals surface area contributed by atoms with E-state index in [0.29, 0.717) is 12.1 Å². The van der Waals surface area contributed by atoms with Gasteiger partial charge < -0.3 is 28.0 Å². The lowest BCUT2D eigenvalue weighted by atomic mass is 9.95. The Morgan fingerprint density at radius 1 is 1.24 bits per heavy atom. The summed E-state index contributed by atoms with van der Waals surface area (Å²) in [5.41, 5.74) is 24.3. The molecule has 0 aliphatic rings. The number of allylic oxidation sites excluding steroid dienone is 2. The Balaban J connectivity index is 0.00000420. The first kappa shape index (κ1) is 24.0. The van der Waals surface area contributed by atoms with Crippen LogP contribution in [0, 0.1) is 11.9 Å². The van der Waals surface area contributed by atoms with Gasteiger partial charge in [0, 0.05) is 16.8 Å². The average Bonchev–Trinajstić information content (AvgIpc) is 3.04. The smallest absolute Gasteiger partial charge is 0.219 e. The molecule has 0 spiro atoms. The van der Waals surface area contributed by atoms with E-state index in [2.05, 4.69) is 5.10 Å². The minimum atomic E-state index is -0.548. The maximum atomic E-state index is 15.2. The van der Waals surface area contributed by atoms with Gasteiger partial charge >= 0.3 is 0 Å². The molecule has 1 heterocycles. The van der Waals surface area contributed by atoms with Crippen molar-refractivity contribution in [2.45, 2.75) is 40.2 Å². The van der Waals surface area contributed by atoms with Crippen molar-refractivity contribution in [1.29, 1.82) is 0 Å². The standard InChI is InChI=1S/C20H29FN6O.CH4/c1-3-13(8-9-22)12(2)27-19(21)16(11-26-27)15(20(24)25)10-17(23)14-6-4-5-7-18(14)28;/h4-7,10-13,28H,3,8-9,22-25H2,1-2H3;1H4/b17-10-;. The number of aromatic hydroxyl groups is 1. The zero-order valence-electron chi connectivity index (χ0n) is 16.3. The molecule has 0 amide bonds. The maximum absolute atomic E-state index is 15.2. The third-order valence-electron chi connectivity index (χ3n) is 4.98. The van der Waals surface area contributed by atoms with Gasteiger partial charge in [-0.05, 0) is 44.0 Å². The highest BCUT2D eigenvalue weighted by atomic mass is 19.1. The van der Waals surface area contributed by atoms with E-state index >= 15 is 4.39 Å².